The van der Waals surface area contributed by atoms with Crippen molar-refractivity contribution in [1.82, 2.24) is 14.9 Å². The Hall–Kier alpha value is -3.43. The highest BCUT2D eigenvalue weighted by molar-refractivity contribution is 6.30. The minimum absolute atomic E-state index is 0.0297. The first-order valence-corrected chi connectivity index (χ1v) is 11.1. The van der Waals surface area contributed by atoms with Gasteiger partial charge in [-0.25, -0.2) is 14.4 Å². The summed E-state index contributed by atoms with van der Waals surface area (Å²) >= 11 is 6.08. The first kappa shape index (κ1) is 23.7. The molecule has 2 heterocycles. The molecule has 8 nitrogen and oxygen atoms in total. The molecule has 1 atom stereocenters. The standard InChI is InChI=1S/C24H25ClFN5O3/c1-31(2)7-8-33-22-11-17(19-5-6-28-24(27)30-19)18(26)12-20(22)29-23(32)15-9-14-10-16(25)3-4-21(14)34-13-15/h3-6,10-12,15H,7-9,13H2,1-2H3,(H,29,32)(H2,27,28,30). The number of anilines is 2. The quantitative estimate of drug-likeness (QED) is 0.526. The van der Waals surface area contributed by atoms with Crippen molar-refractivity contribution in [3.05, 3.63) is 59.0 Å². The Balaban J connectivity index is 1.59. The minimum Gasteiger partial charge on any atom is -0.492 e. The molecule has 0 radical (unpaired) electrons. The molecule has 2 aromatic carbocycles. The number of aromatic nitrogens is 2. The maximum absolute atomic E-state index is 15.1. The molecule has 1 amide bonds. The summed E-state index contributed by atoms with van der Waals surface area (Å²) in [5.41, 5.74) is 7.24. The molecule has 0 bridgehead atoms. The van der Waals surface area contributed by atoms with Crippen molar-refractivity contribution in [2.45, 2.75) is 6.42 Å². The Bertz CT molecular complexity index is 1210. The molecule has 3 aromatic rings. The largest absolute Gasteiger partial charge is 0.492 e. The fourth-order valence-corrected chi connectivity index (χ4v) is 3.79. The number of nitrogens with zero attached hydrogens (tertiary/aromatic N) is 3. The number of ether oxygens (including phenoxy) is 2. The number of nitrogens with two attached hydrogens (primary N) is 1. The van der Waals surface area contributed by atoms with E-state index in [-0.39, 0.29) is 29.7 Å². The van der Waals surface area contributed by atoms with Crippen LogP contribution >= 0.6 is 11.6 Å². The third-order valence-electron chi connectivity index (χ3n) is 5.37. The van der Waals surface area contributed by atoms with Gasteiger partial charge in [-0.15, -0.1) is 0 Å². The molecule has 0 saturated heterocycles. The molecular formula is C24H25ClFN5O3. The Morgan fingerprint density at radius 3 is 2.91 bits per heavy atom. The summed E-state index contributed by atoms with van der Waals surface area (Å²) in [7, 11) is 3.83. The zero-order valence-corrected chi connectivity index (χ0v) is 19.6. The lowest BCUT2D eigenvalue weighted by atomic mass is 9.96. The molecule has 0 fully saturated rings. The highest BCUT2D eigenvalue weighted by Crippen LogP contribution is 2.35. The summed E-state index contributed by atoms with van der Waals surface area (Å²) < 4.78 is 26.7. The molecule has 4 rings (SSSR count). The van der Waals surface area contributed by atoms with E-state index in [1.54, 1.807) is 24.3 Å². The van der Waals surface area contributed by atoms with Crippen LogP contribution in [-0.4, -0.2) is 54.6 Å². The number of benzene rings is 2. The first-order chi connectivity index (χ1) is 16.3. The van der Waals surface area contributed by atoms with Crippen molar-refractivity contribution in [2.24, 2.45) is 5.92 Å². The van der Waals surface area contributed by atoms with Crippen LogP contribution in [0.15, 0.2) is 42.6 Å². The van der Waals surface area contributed by atoms with Crippen molar-refractivity contribution in [1.29, 1.82) is 0 Å². The highest BCUT2D eigenvalue weighted by Gasteiger charge is 2.27. The van der Waals surface area contributed by atoms with Gasteiger partial charge in [0.15, 0.2) is 0 Å². The normalized spacial score (nSPS) is 14.9. The number of amides is 1. The molecule has 3 N–H and O–H groups in total. The fourth-order valence-electron chi connectivity index (χ4n) is 3.60. The van der Waals surface area contributed by atoms with Crippen molar-refractivity contribution in [3.8, 4) is 22.8 Å². The molecule has 1 aromatic heterocycles. The predicted molar refractivity (Wildman–Crippen MR) is 129 cm³/mol. The predicted octanol–water partition coefficient (Wildman–Crippen LogP) is 3.65. The Labute approximate surface area is 201 Å². The third kappa shape index (κ3) is 5.55. The number of rotatable bonds is 7. The summed E-state index contributed by atoms with van der Waals surface area (Å²) in [5.74, 6) is -0.288. The lowest BCUT2D eigenvalue weighted by Crippen LogP contribution is -2.32. The average molecular weight is 486 g/mol. The number of likely N-dealkylation sites (N-methyl/N-ethyl adjacent to an activating group) is 1. The number of halogens is 2. The van der Waals surface area contributed by atoms with Crippen LogP contribution < -0.4 is 20.5 Å². The number of nitrogens with one attached hydrogen (secondary N) is 1. The van der Waals surface area contributed by atoms with Crippen LogP contribution in [0.5, 0.6) is 11.5 Å². The van der Waals surface area contributed by atoms with Gasteiger partial charge >= 0.3 is 0 Å². The van der Waals surface area contributed by atoms with Gasteiger partial charge in [0, 0.05) is 29.4 Å². The number of carbonyl (C=O) groups excluding carboxylic acids is 1. The molecule has 178 valence electrons. The van der Waals surface area contributed by atoms with Gasteiger partial charge in [-0.2, -0.15) is 0 Å². The molecule has 10 heteroatoms. The van der Waals surface area contributed by atoms with Gasteiger partial charge in [0.2, 0.25) is 11.9 Å². The molecule has 0 aliphatic carbocycles. The van der Waals surface area contributed by atoms with Crippen molar-refractivity contribution in [3.63, 3.8) is 0 Å². The van der Waals surface area contributed by atoms with E-state index in [0.29, 0.717) is 41.8 Å². The van der Waals surface area contributed by atoms with Crippen LogP contribution in [0.3, 0.4) is 0 Å². The van der Waals surface area contributed by atoms with E-state index in [2.05, 4.69) is 15.3 Å². The van der Waals surface area contributed by atoms with Gasteiger partial charge in [-0.05, 0) is 56.4 Å². The van der Waals surface area contributed by atoms with E-state index in [9.17, 15) is 4.79 Å². The summed E-state index contributed by atoms with van der Waals surface area (Å²) in [6.07, 6.45) is 1.91. The van der Waals surface area contributed by atoms with E-state index < -0.39 is 11.7 Å². The summed E-state index contributed by atoms with van der Waals surface area (Å²) in [6, 6.07) is 9.61. The summed E-state index contributed by atoms with van der Waals surface area (Å²) in [5, 5.41) is 3.38. The third-order valence-corrected chi connectivity index (χ3v) is 5.61. The second kappa shape index (κ2) is 10.2. The van der Waals surface area contributed by atoms with Crippen LogP contribution in [0.4, 0.5) is 16.0 Å². The Kier molecular flexibility index (Phi) is 7.14. The van der Waals surface area contributed by atoms with Crippen LogP contribution in [-0.2, 0) is 11.2 Å². The smallest absolute Gasteiger partial charge is 0.231 e. The fraction of sp³-hybridized carbons (Fsp3) is 0.292. The zero-order valence-electron chi connectivity index (χ0n) is 18.8. The highest BCUT2D eigenvalue weighted by atomic mass is 35.5. The van der Waals surface area contributed by atoms with Crippen LogP contribution in [0.2, 0.25) is 5.02 Å². The molecule has 34 heavy (non-hydrogen) atoms. The van der Waals surface area contributed by atoms with Crippen LogP contribution in [0.25, 0.3) is 11.3 Å². The van der Waals surface area contributed by atoms with Gasteiger partial charge in [0.1, 0.15) is 30.5 Å². The van der Waals surface area contributed by atoms with Gasteiger partial charge in [-0.1, -0.05) is 11.6 Å². The SMILES string of the molecule is CN(C)CCOc1cc(-c2ccnc(N)n2)c(F)cc1NC(=O)C1COc2ccc(Cl)cc2C1. The van der Waals surface area contributed by atoms with Gasteiger partial charge in [0.05, 0.1) is 17.3 Å². The van der Waals surface area contributed by atoms with E-state index in [0.717, 1.165) is 5.56 Å². The van der Waals surface area contributed by atoms with Gasteiger partial charge < -0.3 is 25.4 Å². The van der Waals surface area contributed by atoms with Crippen LogP contribution in [0, 0.1) is 11.7 Å². The van der Waals surface area contributed by atoms with E-state index in [1.165, 1.54) is 18.3 Å². The molecule has 0 spiro atoms. The molecule has 0 saturated carbocycles. The average Bonchev–Trinajstić information content (AvgIpc) is 2.79. The number of hydrogen-bond acceptors (Lipinski definition) is 7. The van der Waals surface area contributed by atoms with Crippen molar-refractivity contribution in [2.75, 3.05) is 44.9 Å². The number of hydrogen-bond donors (Lipinski definition) is 2. The molecule has 1 aliphatic rings. The molecule has 1 aliphatic heterocycles. The second-order valence-electron chi connectivity index (χ2n) is 8.23. The minimum atomic E-state index is -0.578. The zero-order chi connectivity index (χ0) is 24.2. The molecule has 1 unspecified atom stereocenters. The topological polar surface area (TPSA) is 103 Å². The number of fused-ring (bicyclic) bond motifs is 1. The summed E-state index contributed by atoms with van der Waals surface area (Å²) in [6.45, 7) is 1.18. The lowest BCUT2D eigenvalue weighted by molar-refractivity contribution is -0.121. The van der Waals surface area contributed by atoms with E-state index in [4.69, 9.17) is 26.8 Å². The number of nitrogen functional groups attached to an aromatic ring is 1. The first-order valence-electron chi connectivity index (χ1n) is 10.7. The maximum atomic E-state index is 15.1. The van der Waals surface area contributed by atoms with E-state index >= 15 is 4.39 Å². The monoisotopic (exact) mass is 485 g/mol. The van der Waals surface area contributed by atoms with Gasteiger partial charge in [-0.3, -0.25) is 4.79 Å². The Morgan fingerprint density at radius 1 is 1.32 bits per heavy atom. The van der Waals surface area contributed by atoms with Gasteiger partial charge in [0.25, 0.3) is 0 Å². The maximum Gasteiger partial charge on any atom is 0.231 e. The van der Waals surface area contributed by atoms with Crippen molar-refractivity contribution >= 4 is 29.1 Å². The van der Waals surface area contributed by atoms with E-state index in [1.807, 2.05) is 19.0 Å². The lowest BCUT2D eigenvalue weighted by Gasteiger charge is -2.25. The van der Waals surface area contributed by atoms with Crippen LogP contribution in [0.1, 0.15) is 5.56 Å². The Morgan fingerprint density at radius 2 is 2.15 bits per heavy atom. The second-order valence-corrected chi connectivity index (χ2v) is 8.67. The number of carbonyl (C=O) groups is 1. The van der Waals surface area contributed by atoms with Crippen molar-refractivity contribution < 1.29 is 18.7 Å². The summed E-state index contributed by atoms with van der Waals surface area (Å²) in [4.78, 5) is 23.0. The molecular weight excluding hydrogens is 461 g/mol.